The fourth-order valence-electron chi connectivity index (χ4n) is 2.26. The van der Waals surface area contributed by atoms with Crippen molar-refractivity contribution in [2.24, 2.45) is 5.92 Å². The molecule has 19 heavy (non-hydrogen) atoms. The topological polar surface area (TPSA) is 101 Å². The van der Waals surface area contributed by atoms with Gasteiger partial charge >= 0.3 is 11.9 Å². The van der Waals surface area contributed by atoms with Crippen LogP contribution in [0.1, 0.15) is 26.7 Å². The minimum absolute atomic E-state index is 0.0904. The Morgan fingerprint density at radius 2 is 2.05 bits per heavy atom. The van der Waals surface area contributed by atoms with Gasteiger partial charge in [-0.3, -0.25) is 9.59 Å². The fraction of sp³-hybridized carbons (Fsp3) is 0.818. The molecular formula is C11H19NO6S. The zero-order valence-corrected chi connectivity index (χ0v) is 11.9. The van der Waals surface area contributed by atoms with Gasteiger partial charge < -0.3 is 9.84 Å². The van der Waals surface area contributed by atoms with Crippen LogP contribution in [0, 0.1) is 5.92 Å². The standard InChI is InChI=1S/C11H19NO6S/c1-3-18-9(13)7-19(16,17)12-6-4-5-8(2)10(12)11(14)15/h8,10H,3-7H2,1-2H3,(H,14,15). The smallest absolute Gasteiger partial charge is 0.322 e. The summed E-state index contributed by atoms with van der Waals surface area (Å²) in [7, 11) is -3.95. The lowest BCUT2D eigenvalue weighted by atomic mass is 9.93. The van der Waals surface area contributed by atoms with Gasteiger partial charge in [0.25, 0.3) is 0 Å². The van der Waals surface area contributed by atoms with Crippen molar-refractivity contribution in [3.05, 3.63) is 0 Å². The van der Waals surface area contributed by atoms with Crippen LogP contribution in [0.3, 0.4) is 0 Å². The second-order valence-corrected chi connectivity index (χ2v) is 6.50. The lowest BCUT2D eigenvalue weighted by Crippen LogP contribution is -2.53. The zero-order chi connectivity index (χ0) is 14.6. The summed E-state index contributed by atoms with van der Waals surface area (Å²) in [6.07, 6.45) is 1.25. The number of piperidine rings is 1. The number of hydrogen-bond acceptors (Lipinski definition) is 5. The highest BCUT2D eigenvalue weighted by molar-refractivity contribution is 7.89. The molecule has 1 rings (SSSR count). The number of ether oxygens (including phenoxy) is 1. The SMILES string of the molecule is CCOC(=O)CS(=O)(=O)N1CCCC(C)C1C(=O)O. The molecule has 2 atom stereocenters. The number of rotatable bonds is 5. The van der Waals surface area contributed by atoms with Gasteiger partial charge in [-0.1, -0.05) is 6.92 Å². The molecule has 0 bridgehead atoms. The van der Waals surface area contributed by atoms with Gasteiger partial charge in [-0.25, -0.2) is 8.42 Å². The fourth-order valence-corrected chi connectivity index (χ4v) is 3.86. The van der Waals surface area contributed by atoms with Crippen LogP contribution in [0.2, 0.25) is 0 Å². The summed E-state index contributed by atoms with van der Waals surface area (Å²) >= 11 is 0. The molecule has 1 N–H and O–H groups in total. The number of nitrogens with zero attached hydrogens (tertiary/aromatic N) is 1. The lowest BCUT2D eigenvalue weighted by Gasteiger charge is -2.35. The van der Waals surface area contributed by atoms with Crippen LogP contribution in [0.5, 0.6) is 0 Å². The number of carboxylic acids is 1. The minimum Gasteiger partial charge on any atom is -0.480 e. The maximum atomic E-state index is 12.1. The van der Waals surface area contributed by atoms with Crippen LogP contribution in [-0.4, -0.2) is 54.7 Å². The van der Waals surface area contributed by atoms with E-state index < -0.39 is 33.8 Å². The number of sulfonamides is 1. The molecule has 7 nitrogen and oxygen atoms in total. The predicted octanol–water partition coefficient (Wildman–Crippen LogP) is 0.0644. The van der Waals surface area contributed by atoms with Crippen LogP contribution >= 0.6 is 0 Å². The van der Waals surface area contributed by atoms with E-state index in [1.807, 2.05) is 0 Å². The number of carbonyl (C=O) groups is 2. The molecular weight excluding hydrogens is 274 g/mol. The number of carbonyl (C=O) groups excluding carboxylic acids is 1. The normalized spacial score (nSPS) is 24.9. The van der Waals surface area contributed by atoms with Crippen molar-refractivity contribution in [3.63, 3.8) is 0 Å². The molecule has 0 amide bonds. The second-order valence-electron chi connectivity index (χ2n) is 4.57. The Balaban J connectivity index is 2.91. The third kappa shape index (κ3) is 3.90. The first-order chi connectivity index (χ1) is 8.79. The van der Waals surface area contributed by atoms with E-state index in [-0.39, 0.29) is 19.1 Å². The van der Waals surface area contributed by atoms with Crippen LogP contribution in [0.15, 0.2) is 0 Å². The van der Waals surface area contributed by atoms with Crippen molar-refractivity contribution in [2.45, 2.75) is 32.7 Å². The Hall–Kier alpha value is -1.15. The Morgan fingerprint density at radius 1 is 1.42 bits per heavy atom. The van der Waals surface area contributed by atoms with Crippen LogP contribution in [0.4, 0.5) is 0 Å². The lowest BCUT2D eigenvalue weighted by molar-refractivity contribution is -0.144. The van der Waals surface area contributed by atoms with Gasteiger partial charge in [0, 0.05) is 6.54 Å². The van der Waals surface area contributed by atoms with Gasteiger partial charge in [0.1, 0.15) is 6.04 Å². The average Bonchev–Trinajstić information content (AvgIpc) is 2.27. The van der Waals surface area contributed by atoms with E-state index in [4.69, 9.17) is 5.11 Å². The summed E-state index contributed by atoms with van der Waals surface area (Å²) in [5.74, 6) is -3.12. The van der Waals surface area contributed by atoms with Crippen molar-refractivity contribution in [1.82, 2.24) is 4.31 Å². The molecule has 0 aromatic carbocycles. The molecule has 1 saturated heterocycles. The molecule has 8 heteroatoms. The number of hydrogen-bond donors (Lipinski definition) is 1. The largest absolute Gasteiger partial charge is 0.480 e. The first kappa shape index (κ1) is 15.9. The van der Waals surface area contributed by atoms with Crippen molar-refractivity contribution >= 4 is 22.0 Å². The van der Waals surface area contributed by atoms with Crippen LogP contribution < -0.4 is 0 Å². The number of aliphatic carboxylic acids is 1. The highest BCUT2D eigenvalue weighted by Gasteiger charge is 2.41. The van der Waals surface area contributed by atoms with E-state index >= 15 is 0 Å². The molecule has 1 aliphatic heterocycles. The van der Waals surface area contributed by atoms with E-state index in [1.165, 1.54) is 0 Å². The molecule has 0 spiro atoms. The molecule has 110 valence electrons. The molecule has 1 fully saturated rings. The van der Waals surface area contributed by atoms with Gasteiger partial charge in [0.15, 0.2) is 5.75 Å². The summed E-state index contributed by atoms with van der Waals surface area (Å²) in [6, 6.07) is -1.10. The summed E-state index contributed by atoms with van der Waals surface area (Å²) in [6.45, 7) is 3.49. The van der Waals surface area contributed by atoms with Crippen molar-refractivity contribution in [2.75, 3.05) is 18.9 Å². The maximum absolute atomic E-state index is 12.1. The maximum Gasteiger partial charge on any atom is 0.322 e. The zero-order valence-electron chi connectivity index (χ0n) is 11.0. The minimum atomic E-state index is -3.95. The first-order valence-corrected chi connectivity index (χ1v) is 7.78. The predicted molar refractivity (Wildman–Crippen MR) is 66.9 cm³/mol. The van der Waals surface area contributed by atoms with Crippen LogP contribution in [-0.2, 0) is 24.3 Å². The molecule has 0 aromatic heterocycles. The van der Waals surface area contributed by atoms with E-state index in [0.29, 0.717) is 12.8 Å². The number of carboxylic acid groups (broad SMARTS) is 1. The molecule has 2 unspecified atom stereocenters. The summed E-state index contributed by atoms with van der Waals surface area (Å²) in [4.78, 5) is 22.5. The molecule has 0 radical (unpaired) electrons. The van der Waals surface area contributed by atoms with E-state index in [2.05, 4.69) is 4.74 Å². The first-order valence-electron chi connectivity index (χ1n) is 6.17. The van der Waals surface area contributed by atoms with Gasteiger partial charge in [-0.05, 0) is 25.7 Å². The highest BCUT2D eigenvalue weighted by atomic mass is 32.2. The second kappa shape index (κ2) is 6.33. The highest BCUT2D eigenvalue weighted by Crippen LogP contribution is 2.26. The van der Waals surface area contributed by atoms with Crippen LogP contribution in [0.25, 0.3) is 0 Å². The van der Waals surface area contributed by atoms with E-state index in [0.717, 1.165) is 4.31 Å². The summed E-state index contributed by atoms with van der Waals surface area (Å²) < 4.78 is 29.7. The average molecular weight is 293 g/mol. The molecule has 0 aliphatic carbocycles. The monoisotopic (exact) mass is 293 g/mol. The van der Waals surface area contributed by atoms with Gasteiger partial charge in [-0.2, -0.15) is 4.31 Å². The Bertz CT molecular complexity index is 446. The third-order valence-electron chi connectivity index (χ3n) is 3.10. The molecule has 1 aliphatic rings. The summed E-state index contributed by atoms with van der Waals surface area (Å²) in [5.41, 5.74) is 0. The van der Waals surface area contributed by atoms with Crippen molar-refractivity contribution in [1.29, 1.82) is 0 Å². The van der Waals surface area contributed by atoms with Gasteiger partial charge in [-0.15, -0.1) is 0 Å². The Morgan fingerprint density at radius 3 is 2.58 bits per heavy atom. The summed E-state index contributed by atoms with van der Waals surface area (Å²) in [5, 5.41) is 9.16. The van der Waals surface area contributed by atoms with E-state index in [9.17, 15) is 18.0 Å². The van der Waals surface area contributed by atoms with E-state index in [1.54, 1.807) is 13.8 Å². The molecule has 1 heterocycles. The van der Waals surface area contributed by atoms with Gasteiger partial charge in [0.05, 0.1) is 6.61 Å². The Kier molecular flexibility index (Phi) is 5.30. The number of esters is 1. The molecule has 0 saturated carbocycles. The van der Waals surface area contributed by atoms with Crippen molar-refractivity contribution in [3.8, 4) is 0 Å². The van der Waals surface area contributed by atoms with Gasteiger partial charge in [0.2, 0.25) is 10.0 Å². The van der Waals surface area contributed by atoms with Crippen molar-refractivity contribution < 1.29 is 27.9 Å². The molecule has 0 aromatic rings. The third-order valence-corrected chi connectivity index (χ3v) is 4.83. The Labute approximate surface area is 112 Å². The quantitative estimate of drug-likeness (QED) is 0.720.